The average molecular weight is 821 g/mol. The van der Waals surface area contributed by atoms with E-state index in [-0.39, 0.29) is 70.1 Å². The molecule has 0 aliphatic rings. The predicted molar refractivity (Wildman–Crippen MR) is 208 cm³/mol. The molecule has 0 heterocycles. The summed E-state index contributed by atoms with van der Waals surface area (Å²) in [5.41, 5.74) is -1.16. The van der Waals surface area contributed by atoms with Crippen LogP contribution in [0.1, 0.15) is 45.9 Å². The van der Waals surface area contributed by atoms with Crippen LogP contribution in [0.2, 0.25) is 0 Å². The number of benzene rings is 5. The van der Waals surface area contributed by atoms with Crippen LogP contribution in [0.25, 0.3) is 33.9 Å². The maximum Gasteiger partial charge on any atom is 0.416 e. The van der Waals surface area contributed by atoms with E-state index in [1.54, 1.807) is 31.2 Å². The first-order valence-corrected chi connectivity index (χ1v) is 17.9. The number of nitrogens with zero attached hydrogens (tertiary/aromatic N) is 1. The minimum absolute atomic E-state index is 0.0429. The van der Waals surface area contributed by atoms with E-state index in [2.05, 4.69) is 5.32 Å². The van der Waals surface area contributed by atoms with Crippen molar-refractivity contribution >= 4 is 29.6 Å². The number of methoxy groups -OCH3 is 2. The third-order valence-corrected chi connectivity index (χ3v) is 9.37. The molecule has 0 bridgehead atoms. The molecule has 0 saturated carbocycles. The highest BCUT2D eigenvalue weighted by Gasteiger charge is 2.33. The van der Waals surface area contributed by atoms with Crippen molar-refractivity contribution in [1.29, 1.82) is 0 Å². The Morgan fingerprint density at radius 3 is 1.86 bits per heavy atom. The summed E-state index contributed by atoms with van der Waals surface area (Å²) in [5.74, 6) is -2.43. The number of aliphatic carboxylic acids is 2. The number of alkyl halides is 6. The summed E-state index contributed by atoms with van der Waals surface area (Å²) in [6, 6.07) is 22.4. The summed E-state index contributed by atoms with van der Waals surface area (Å²) in [6.45, 7) is 1.60. The third-order valence-electron chi connectivity index (χ3n) is 9.37. The lowest BCUT2D eigenvalue weighted by Crippen LogP contribution is -2.39. The van der Waals surface area contributed by atoms with Crippen LogP contribution in [0.3, 0.4) is 0 Å². The quantitative estimate of drug-likeness (QED) is 0.0579. The van der Waals surface area contributed by atoms with Crippen molar-refractivity contribution in [2.75, 3.05) is 20.8 Å². The van der Waals surface area contributed by atoms with Crippen molar-refractivity contribution in [3.8, 4) is 33.8 Å². The maximum absolute atomic E-state index is 14.1. The Morgan fingerprint density at radius 1 is 0.695 bits per heavy atom. The van der Waals surface area contributed by atoms with Crippen molar-refractivity contribution < 1.29 is 60.4 Å². The molecule has 0 fully saturated rings. The van der Waals surface area contributed by atoms with E-state index in [1.807, 2.05) is 6.07 Å². The van der Waals surface area contributed by atoms with Crippen molar-refractivity contribution in [2.24, 2.45) is 0 Å². The lowest BCUT2D eigenvalue weighted by Gasteiger charge is -2.24. The van der Waals surface area contributed by atoms with Gasteiger partial charge in [0.15, 0.2) is 0 Å². The number of nitrogens with one attached hydrogen (secondary N) is 1. The first-order valence-electron chi connectivity index (χ1n) is 17.9. The van der Waals surface area contributed by atoms with Gasteiger partial charge in [0.25, 0.3) is 0 Å². The zero-order chi connectivity index (χ0) is 43.1. The number of carbonyl (C=O) groups excluding carboxylic acids is 1. The third kappa shape index (κ3) is 10.6. The van der Waals surface area contributed by atoms with Gasteiger partial charge >= 0.3 is 30.3 Å². The van der Waals surface area contributed by atoms with Gasteiger partial charge in [-0.1, -0.05) is 54.6 Å². The summed E-state index contributed by atoms with van der Waals surface area (Å²) in [4.78, 5) is 39.1. The van der Waals surface area contributed by atoms with Crippen molar-refractivity contribution in [2.45, 2.75) is 38.8 Å². The molecule has 5 rings (SSSR count). The summed E-state index contributed by atoms with van der Waals surface area (Å²) >= 11 is 0. The minimum Gasteiger partial charge on any atom is -0.496 e. The molecule has 0 spiro atoms. The number of carbonyl (C=O) groups is 3. The molecule has 0 unspecified atom stereocenters. The van der Waals surface area contributed by atoms with E-state index in [0.717, 1.165) is 42.0 Å². The summed E-state index contributed by atoms with van der Waals surface area (Å²) in [5, 5.41) is 22.7. The summed E-state index contributed by atoms with van der Waals surface area (Å²) in [7, 11) is 2.61. The van der Waals surface area contributed by atoms with Crippen LogP contribution < -0.4 is 14.8 Å². The van der Waals surface area contributed by atoms with E-state index >= 15 is 0 Å². The Kier molecular flexibility index (Phi) is 13.4. The monoisotopic (exact) mass is 820 g/mol. The number of carboxylic acids is 2. The number of ether oxygens (including phenoxy) is 2. The van der Waals surface area contributed by atoms with Crippen LogP contribution in [0.15, 0.2) is 103 Å². The predicted octanol–water partition coefficient (Wildman–Crippen LogP) is 10.1. The molecule has 0 aliphatic carbocycles. The van der Waals surface area contributed by atoms with Crippen LogP contribution in [0.4, 0.5) is 31.1 Å². The largest absolute Gasteiger partial charge is 0.496 e. The van der Waals surface area contributed by atoms with E-state index in [4.69, 9.17) is 9.47 Å². The molecule has 0 radical (unpaired) electrons. The molecule has 2 amide bonds. The Bertz CT molecular complexity index is 2380. The molecule has 59 heavy (non-hydrogen) atoms. The Labute approximate surface area is 335 Å². The smallest absolute Gasteiger partial charge is 0.416 e. The number of halogens is 6. The lowest BCUT2D eigenvalue weighted by molar-refractivity contribution is -0.138. The molecule has 9 nitrogen and oxygen atoms in total. The standard InChI is InChI=1S/C44H38F6N2O7/c1-4-52(42(57)51-24-26-8-6-5-7-9-26)25-30-21-32(44(48,49)50)13-15-34(30)37-22-28(11-17-39(37)59-3)35(41(55)56)23-29-20-31(43(45,46)47)12-14-33(29)36-18-27(19-40(53)54)10-16-38(36)58-2/h5-18,20-23H,4,19,24-25H2,1-3H3,(H,51,57)(H,53,54)(H,55,56). The molecule has 308 valence electrons. The fourth-order valence-electron chi connectivity index (χ4n) is 6.45. The molecule has 15 heteroatoms. The van der Waals surface area contributed by atoms with Gasteiger partial charge in [0.2, 0.25) is 0 Å². The van der Waals surface area contributed by atoms with E-state index in [0.29, 0.717) is 5.56 Å². The number of carboxylic acid groups (broad SMARTS) is 2. The number of amides is 2. The number of hydrogen-bond acceptors (Lipinski definition) is 5. The molecule has 5 aromatic carbocycles. The van der Waals surface area contributed by atoms with Crippen LogP contribution in [-0.4, -0.2) is 53.8 Å². The van der Waals surface area contributed by atoms with Crippen LogP contribution >= 0.6 is 0 Å². The summed E-state index contributed by atoms with van der Waals surface area (Å²) < 4.78 is 95.5. The van der Waals surface area contributed by atoms with Gasteiger partial charge < -0.3 is 29.9 Å². The number of rotatable bonds is 14. The van der Waals surface area contributed by atoms with Crippen molar-refractivity contribution in [3.63, 3.8) is 0 Å². The Morgan fingerprint density at radius 2 is 1.29 bits per heavy atom. The highest BCUT2D eigenvalue weighted by Crippen LogP contribution is 2.41. The average Bonchev–Trinajstić information content (AvgIpc) is 3.20. The molecular weight excluding hydrogens is 782 g/mol. The molecule has 3 N–H and O–H groups in total. The molecule has 0 atom stereocenters. The van der Waals surface area contributed by atoms with E-state index in [9.17, 15) is 50.9 Å². The van der Waals surface area contributed by atoms with Gasteiger partial charge in [-0.15, -0.1) is 0 Å². The molecule has 0 aromatic heterocycles. The van der Waals surface area contributed by atoms with E-state index in [1.165, 1.54) is 61.6 Å². The second-order valence-corrected chi connectivity index (χ2v) is 13.2. The van der Waals surface area contributed by atoms with Gasteiger partial charge in [-0.05, 0) is 100 Å². The second-order valence-electron chi connectivity index (χ2n) is 13.2. The second kappa shape index (κ2) is 18.2. The highest BCUT2D eigenvalue weighted by molar-refractivity contribution is 6.21. The zero-order valence-corrected chi connectivity index (χ0v) is 31.9. The Hall–Kier alpha value is -6.77. The zero-order valence-electron chi connectivity index (χ0n) is 31.9. The Balaban J connectivity index is 1.67. The normalized spacial score (nSPS) is 11.8. The molecular formula is C44H38F6N2O7. The van der Waals surface area contributed by atoms with Crippen LogP contribution in [0, 0.1) is 0 Å². The van der Waals surface area contributed by atoms with Gasteiger partial charge in [0.05, 0.1) is 37.3 Å². The van der Waals surface area contributed by atoms with Gasteiger partial charge in [-0.3, -0.25) is 4.79 Å². The van der Waals surface area contributed by atoms with Gasteiger partial charge in [0, 0.05) is 30.8 Å². The van der Waals surface area contributed by atoms with Crippen molar-refractivity contribution in [3.05, 3.63) is 142 Å². The highest BCUT2D eigenvalue weighted by atomic mass is 19.4. The molecule has 0 saturated heterocycles. The SMILES string of the molecule is CCN(Cc1cc(C(F)(F)F)ccc1-c1cc(C(=Cc2cc(C(F)(F)F)ccc2-c2cc(CC(=O)O)ccc2OC)C(=O)O)ccc1OC)C(=O)NCc1ccccc1. The first kappa shape index (κ1) is 43.4. The molecule has 0 aliphatic heterocycles. The molecule has 5 aromatic rings. The first-order chi connectivity index (χ1) is 27.9. The van der Waals surface area contributed by atoms with Crippen LogP contribution in [0.5, 0.6) is 11.5 Å². The van der Waals surface area contributed by atoms with Gasteiger partial charge in [-0.25, -0.2) is 9.59 Å². The van der Waals surface area contributed by atoms with Crippen LogP contribution in [-0.2, 0) is 41.5 Å². The lowest BCUT2D eigenvalue weighted by atomic mass is 9.90. The fraction of sp³-hybridized carbons (Fsp3) is 0.205. The number of hydrogen-bond donors (Lipinski definition) is 3. The minimum atomic E-state index is -4.84. The van der Waals surface area contributed by atoms with Crippen molar-refractivity contribution in [1.82, 2.24) is 10.2 Å². The van der Waals surface area contributed by atoms with Gasteiger partial charge in [-0.2, -0.15) is 26.3 Å². The van der Waals surface area contributed by atoms with E-state index < -0.39 is 53.4 Å². The number of urea groups is 1. The van der Waals surface area contributed by atoms with Gasteiger partial charge in [0.1, 0.15) is 11.5 Å². The fourth-order valence-corrected chi connectivity index (χ4v) is 6.45. The maximum atomic E-state index is 14.1. The topological polar surface area (TPSA) is 125 Å². The summed E-state index contributed by atoms with van der Waals surface area (Å²) in [6.07, 6.45) is -9.00.